The zero-order valence-corrected chi connectivity index (χ0v) is 12.6. The van der Waals surface area contributed by atoms with E-state index in [0.29, 0.717) is 12.3 Å². The molecule has 4 heteroatoms. The fourth-order valence-corrected chi connectivity index (χ4v) is 2.08. The summed E-state index contributed by atoms with van der Waals surface area (Å²) in [5.74, 6) is 0.326. The molecule has 1 N–H and O–H groups in total. The molecule has 0 spiro atoms. The highest BCUT2D eigenvalue weighted by Crippen LogP contribution is 2.11. The molecule has 0 saturated heterocycles. The van der Waals surface area contributed by atoms with E-state index in [9.17, 15) is 9.18 Å². The van der Waals surface area contributed by atoms with Gasteiger partial charge in [-0.3, -0.25) is 4.79 Å². The number of aryl methyl sites for hydroxylation is 2. The van der Waals surface area contributed by atoms with E-state index in [1.54, 1.807) is 12.1 Å². The molecule has 0 aliphatic rings. The maximum Gasteiger partial charge on any atom is 0.257 e. The van der Waals surface area contributed by atoms with Crippen LogP contribution in [-0.2, 0) is 11.2 Å². The van der Waals surface area contributed by atoms with Crippen LogP contribution in [0.15, 0.2) is 48.5 Å². The summed E-state index contributed by atoms with van der Waals surface area (Å²) in [5.41, 5.74) is 2.16. The molecule has 1 amide bonds. The summed E-state index contributed by atoms with van der Waals surface area (Å²) in [6.45, 7) is 2.57. The third kappa shape index (κ3) is 5.56. The van der Waals surface area contributed by atoms with Crippen molar-refractivity contribution in [3.05, 3.63) is 65.5 Å². The SMILES string of the molecule is Cc1cccc(OCC(=O)NCCCc2ccc(F)cc2)c1. The second-order valence-corrected chi connectivity index (χ2v) is 5.19. The van der Waals surface area contributed by atoms with Crippen LogP contribution in [0.5, 0.6) is 5.75 Å². The van der Waals surface area contributed by atoms with Crippen molar-refractivity contribution in [3.63, 3.8) is 0 Å². The minimum absolute atomic E-state index is 0.0139. The van der Waals surface area contributed by atoms with Crippen LogP contribution in [-0.4, -0.2) is 19.1 Å². The van der Waals surface area contributed by atoms with E-state index >= 15 is 0 Å². The number of hydrogen-bond donors (Lipinski definition) is 1. The molecule has 0 heterocycles. The first-order valence-electron chi connectivity index (χ1n) is 7.34. The van der Waals surface area contributed by atoms with Gasteiger partial charge in [-0.2, -0.15) is 0 Å². The molecule has 0 aromatic heterocycles. The zero-order valence-electron chi connectivity index (χ0n) is 12.6. The topological polar surface area (TPSA) is 38.3 Å². The third-order valence-electron chi connectivity index (χ3n) is 3.24. The number of nitrogens with one attached hydrogen (secondary N) is 1. The van der Waals surface area contributed by atoms with Crippen molar-refractivity contribution in [3.8, 4) is 5.75 Å². The molecule has 2 aromatic carbocycles. The highest BCUT2D eigenvalue weighted by atomic mass is 19.1. The Balaban J connectivity index is 1.62. The van der Waals surface area contributed by atoms with Crippen LogP contribution in [0.1, 0.15) is 17.5 Å². The molecule has 0 aliphatic carbocycles. The van der Waals surface area contributed by atoms with E-state index in [0.717, 1.165) is 24.0 Å². The Kier molecular flexibility index (Phi) is 5.95. The van der Waals surface area contributed by atoms with E-state index in [2.05, 4.69) is 5.32 Å². The number of ether oxygens (including phenoxy) is 1. The fraction of sp³-hybridized carbons (Fsp3) is 0.278. The number of amides is 1. The standard InChI is InChI=1S/C18H20FNO2/c1-14-4-2-6-17(12-14)22-13-18(21)20-11-3-5-15-7-9-16(19)10-8-15/h2,4,6-10,12H,3,5,11,13H2,1H3,(H,20,21). The van der Waals surface area contributed by atoms with E-state index in [1.807, 2.05) is 31.2 Å². The Bertz CT molecular complexity index is 611. The summed E-state index contributed by atoms with van der Waals surface area (Å²) < 4.78 is 18.2. The number of carbonyl (C=O) groups excluding carboxylic acids is 1. The average molecular weight is 301 g/mol. The van der Waals surface area contributed by atoms with Crippen molar-refractivity contribution >= 4 is 5.91 Å². The predicted octanol–water partition coefficient (Wildman–Crippen LogP) is 3.26. The van der Waals surface area contributed by atoms with Crippen molar-refractivity contribution in [2.75, 3.05) is 13.2 Å². The smallest absolute Gasteiger partial charge is 0.257 e. The molecule has 0 bridgehead atoms. The lowest BCUT2D eigenvalue weighted by atomic mass is 10.1. The minimum atomic E-state index is -0.231. The molecule has 2 rings (SSSR count). The molecule has 0 atom stereocenters. The molecular weight excluding hydrogens is 281 g/mol. The number of halogens is 1. The van der Waals surface area contributed by atoms with E-state index in [4.69, 9.17) is 4.74 Å². The first-order chi connectivity index (χ1) is 10.6. The summed E-state index contributed by atoms with van der Waals surface area (Å²) in [7, 11) is 0. The molecule has 116 valence electrons. The second kappa shape index (κ2) is 8.17. The van der Waals surface area contributed by atoms with Gasteiger partial charge in [0.1, 0.15) is 11.6 Å². The van der Waals surface area contributed by atoms with Crippen LogP contribution >= 0.6 is 0 Å². The lowest BCUT2D eigenvalue weighted by molar-refractivity contribution is -0.123. The number of carbonyl (C=O) groups is 1. The largest absolute Gasteiger partial charge is 0.484 e. The van der Waals surface area contributed by atoms with Gasteiger partial charge >= 0.3 is 0 Å². The van der Waals surface area contributed by atoms with Crippen molar-refractivity contribution in [2.24, 2.45) is 0 Å². The van der Waals surface area contributed by atoms with E-state index in [-0.39, 0.29) is 18.3 Å². The van der Waals surface area contributed by atoms with Crippen molar-refractivity contribution < 1.29 is 13.9 Å². The van der Waals surface area contributed by atoms with Gasteiger partial charge in [-0.25, -0.2) is 4.39 Å². The Morgan fingerprint density at radius 1 is 1.18 bits per heavy atom. The van der Waals surface area contributed by atoms with Crippen molar-refractivity contribution in [1.29, 1.82) is 0 Å². The Labute approximate surface area is 130 Å². The van der Waals surface area contributed by atoms with Gasteiger partial charge in [0.05, 0.1) is 0 Å². The summed E-state index contributed by atoms with van der Waals surface area (Å²) >= 11 is 0. The first kappa shape index (κ1) is 16.0. The van der Waals surface area contributed by atoms with Gasteiger partial charge in [-0.1, -0.05) is 24.3 Å². The third-order valence-corrected chi connectivity index (χ3v) is 3.24. The Morgan fingerprint density at radius 2 is 1.95 bits per heavy atom. The number of rotatable bonds is 7. The zero-order chi connectivity index (χ0) is 15.8. The predicted molar refractivity (Wildman–Crippen MR) is 84.4 cm³/mol. The Hall–Kier alpha value is -2.36. The highest BCUT2D eigenvalue weighted by molar-refractivity contribution is 5.77. The maximum atomic E-state index is 12.8. The normalized spacial score (nSPS) is 10.3. The summed E-state index contributed by atoms with van der Waals surface area (Å²) in [4.78, 5) is 11.7. The van der Waals surface area contributed by atoms with Gasteiger partial charge in [0.2, 0.25) is 0 Å². The maximum absolute atomic E-state index is 12.8. The second-order valence-electron chi connectivity index (χ2n) is 5.19. The van der Waals surface area contributed by atoms with Crippen molar-refractivity contribution in [2.45, 2.75) is 19.8 Å². The summed E-state index contributed by atoms with van der Waals surface area (Å²) in [6.07, 6.45) is 1.61. The molecule has 0 aliphatic heterocycles. The van der Waals surface area contributed by atoms with Crippen LogP contribution in [0.3, 0.4) is 0 Å². The molecular formula is C18H20FNO2. The number of benzene rings is 2. The van der Waals surface area contributed by atoms with Gasteiger partial charge in [0.25, 0.3) is 5.91 Å². The van der Waals surface area contributed by atoms with Gasteiger partial charge in [0.15, 0.2) is 6.61 Å². The van der Waals surface area contributed by atoms with Crippen LogP contribution in [0.4, 0.5) is 4.39 Å². The molecule has 3 nitrogen and oxygen atoms in total. The monoisotopic (exact) mass is 301 g/mol. The van der Waals surface area contributed by atoms with Gasteiger partial charge in [-0.05, 0) is 55.2 Å². The lowest BCUT2D eigenvalue weighted by Gasteiger charge is -2.08. The average Bonchev–Trinajstić information content (AvgIpc) is 2.51. The summed E-state index contributed by atoms with van der Waals surface area (Å²) in [5, 5.41) is 2.81. The molecule has 0 fully saturated rings. The highest BCUT2D eigenvalue weighted by Gasteiger charge is 2.02. The summed E-state index contributed by atoms with van der Waals surface area (Å²) in [6, 6.07) is 14.0. The minimum Gasteiger partial charge on any atom is -0.484 e. The van der Waals surface area contributed by atoms with E-state index in [1.165, 1.54) is 12.1 Å². The number of hydrogen-bond acceptors (Lipinski definition) is 2. The lowest BCUT2D eigenvalue weighted by Crippen LogP contribution is -2.29. The Morgan fingerprint density at radius 3 is 2.68 bits per heavy atom. The molecule has 0 unspecified atom stereocenters. The van der Waals surface area contributed by atoms with Crippen LogP contribution in [0.2, 0.25) is 0 Å². The van der Waals surface area contributed by atoms with Crippen LogP contribution in [0.25, 0.3) is 0 Å². The van der Waals surface area contributed by atoms with Gasteiger partial charge in [0, 0.05) is 6.54 Å². The molecule has 2 aromatic rings. The van der Waals surface area contributed by atoms with Crippen molar-refractivity contribution in [1.82, 2.24) is 5.32 Å². The molecule has 0 radical (unpaired) electrons. The van der Waals surface area contributed by atoms with Crippen LogP contribution in [0, 0.1) is 12.7 Å². The van der Waals surface area contributed by atoms with Gasteiger partial charge in [-0.15, -0.1) is 0 Å². The van der Waals surface area contributed by atoms with Gasteiger partial charge < -0.3 is 10.1 Å². The fourth-order valence-electron chi connectivity index (χ4n) is 2.08. The first-order valence-corrected chi connectivity index (χ1v) is 7.34. The quantitative estimate of drug-likeness (QED) is 0.797. The van der Waals surface area contributed by atoms with Crippen LogP contribution < -0.4 is 10.1 Å². The molecule has 22 heavy (non-hydrogen) atoms. The van der Waals surface area contributed by atoms with E-state index < -0.39 is 0 Å². The molecule has 0 saturated carbocycles.